The normalized spacial score (nSPS) is 13.4. The van der Waals surface area contributed by atoms with Gasteiger partial charge in [-0.05, 0) is 29.8 Å². The molecule has 0 saturated heterocycles. The minimum atomic E-state index is -0.577. The maximum absolute atomic E-state index is 12.3. The minimum Gasteiger partial charge on any atom is -0.366 e. The molecule has 100 valence electrons. The second kappa shape index (κ2) is 4.61. The lowest BCUT2D eigenvalue weighted by Gasteiger charge is -2.15. The number of pyridine rings is 1. The van der Waals surface area contributed by atoms with Crippen molar-refractivity contribution in [2.75, 3.05) is 4.90 Å². The van der Waals surface area contributed by atoms with Crippen molar-refractivity contribution in [1.82, 2.24) is 4.98 Å². The van der Waals surface area contributed by atoms with E-state index in [0.717, 1.165) is 5.56 Å². The molecule has 2 heterocycles. The summed E-state index contributed by atoms with van der Waals surface area (Å²) in [6.45, 7) is 0.401. The average Bonchev–Trinajstić information content (AvgIpc) is 2.75. The number of primary amides is 1. The van der Waals surface area contributed by atoms with Crippen molar-refractivity contribution >= 4 is 29.1 Å². The number of fused-ring (bicyclic) bond motifs is 1. The number of halogens is 1. The summed E-state index contributed by atoms with van der Waals surface area (Å²) in [5.74, 6) is -0.716. The third kappa shape index (κ3) is 2.02. The molecule has 1 aliphatic rings. The third-order valence-electron chi connectivity index (χ3n) is 3.19. The molecule has 2 N–H and O–H groups in total. The zero-order valence-corrected chi connectivity index (χ0v) is 11.1. The van der Waals surface area contributed by atoms with E-state index < -0.39 is 5.91 Å². The Morgan fingerprint density at radius 3 is 2.85 bits per heavy atom. The molecule has 2 amide bonds. The van der Waals surface area contributed by atoms with Crippen LogP contribution in [0.1, 0.15) is 26.3 Å². The Morgan fingerprint density at radius 2 is 2.10 bits per heavy atom. The fraction of sp³-hybridized carbons (Fsp3) is 0.0714. The first-order chi connectivity index (χ1) is 9.56. The number of benzene rings is 1. The molecule has 0 saturated carbocycles. The van der Waals surface area contributed by atoms with Crippen LogP contribution in [0.4, 0.5) is 5.69 Å². The van der Waals surface area contributed by atoms with E-state index in [1.807, 2.05) is 0 Å². The largest absolute Gasteiger partial charge is 0.366 e. The molecule has 0 spiro atoms. The number of nitrogens with two attached hydrogens (primary N) is 1. The Hall–Kier alpha value is -2.40. The number of hydrogen-bond acceptors (Lipinski definition) is 3. The van der Waals surface area contributed by atoms with Gasteiger partial charge in [-0.2, -0.15) is 0 Å². The molecule has 5 nitrogen and oxygen atoms in total. The van der Waals surface area contributed by atoms with Crippen molar-refractivity contribution in [2.45, 2.75) is 6.54 Å². The minimum absolute atomic E-state index is 0.139. The SMILES string of the molecule is NC(=O)c1cncc(N2Cc3cc(Cl)ccc3C2=O)c1. The quantitative estimate of drug-likeness (QED) is 0.918. The molecule has 2 aromatic rings. The molecular weight excluding hydrogens is 278 g/mol. The monoisotopic (exact) mass is 287 g/mol. The highest BCUT2D eigenvalue weighted by Gasteiger charge is 2.29. The highest BCUT2D eigenvalue weighted by Crippen LogP contribution is 2.29. The number of amides is 2. The van der Waals surface area contributed by atoms with E-state index in [-0.39, 0.29) is 11.5 Å². The predicted octanol–water partition coefficient (Wildman–Crippen LogP) is 1.99. The van der Waals surface area contributed by atoms with Gasteiger partial charge in [0.15, 0.2) is 0 Å². The first kappa shape index (κ1) is 12.6. The summed E-state index contributed by atoms with van der Waals surface area (Å²) >= 11 is 5.93. The summed E-state index contributed by atoms with van der Waals surface area (Å²) in [6, 6.07) is 6.70. The molecule has 0 unspecified atom stereocenters. The second-order valence-electron chi connectivity index (χ2n) is 4.49. The fourth-order valence-electron chi connectivity index (χ4n) is 2.21. The van der Waals surface area contributed by atoms with E-state index in [2.05, 4.69) is 4.98 Å². The predicted molar refractivity (Wildman–Crippen MR) is 74.7 cm³/mol. The molecule has 3 rings (SSSR count). The number of aromatic nitrogens is 1. The fourth-order valence-corrected chi connectivity index (χ4v) is 2.40. The van der Waals surface area contributed by atoms with Crippen LogP contribution >= 0.6 is 11.6 Å². The van der Waals surface area contributed by atoms with Crippen molar-refractivity contribution in [3.8, 4) is 0 Å². The van der Waals surface area contributed by atoms with Gasteiger partial charge in [-0.1, -0.05) is 11.6 Å². The van der Waals surface area contributed by atoms with E-state index in [4.69, 9.17) is 17.3 Å². The number of rotatable bonds is 2. The number of carbonyl (C=O) groups excluding carboxylic acids is 2. The summed E-state index contributed by atoms with van der Waals surface area (Å²) in [4.78, 5) is 29.0. The van der Waals surface area contributed by atoms with Gasteiger partial charge < -0.3 is 10.6 Å². The Kier molecular flexibility index (Phi) is 2.91. The van der Waals surface area contributed by atoms with Crippen molar-refractivity contribution in [2.24, 2.45) is 5.73 Å². The van der Waals surface area contributed by atoms with Crippen molar-refractivity contribution in [3.05, 3.63) is 58.4 Å². The highest BCUT2D eigenvalue weighted by molar-refractivity contribution is 6.31. The van der Waals surface area contributed by atoms with Gasteiger partial charge in [0, 0.05) is 16.8 Å². The van der Waals surface area contributed by atoms with Crippen LogP contribution in [0.2, 0.25) is 5.02 Å². The Labute approximate surface area is 120 Å². The van der Waals surface area contributed by atoms with Gasteiger partial charge in [0.1, 0.15) is 0 Å². The molecule has 1 aliphatic heterocycles. The van der Waals surface area contributed by atoms with Crippen LogP contribution in [0, 0.1) is 0 Å². The standard InChI is InChI=1S/C14H10ClN3O2/c15-10-1-2-12-9(3-10)7-18(14(12)20)11-4-8(13(16)19)5-17-6-11/h1-6H,7H2,(H2,16,19). The molecule has 0 bridgehead atoms. The molecule has 6 heteroatoms. The van der Waals surface area contributed by atoms with Gasteiger partial charge in [0.05, 0.1) is 24.0 Å². The lowest BCUT2D eigenvalue weighted by molar-refractivity contribution is 0.0987. The van der Waals surface area contributed by atoms with Crippen LogP contribution in [0.25, 0.3) is 0 Å². The molecule has 1 aromatic carbocycles. The molecule has 20 heavy (non-hydrogen) atoms. The number of anilines is 1. The van der Waals surface area contributed by atoms with Crippen molar-refractivity contribution < 1.29 is 9.59 Å². The second-order valence-corrected chi connectivity index (χ2v) is 4.93. The average molecular weight is 288 g/mol. The van der Waals surface area contributed by atoms with Crippen LogP contribution in [0.5, 0.6) is 0 Å². The zero-order valence-electron chi connectivity index (χ0n) is 10.3. The van der Waals surface area contributed by atoms with Gasteiger partial charge in [0.2, 0.25) is 5.91 Å². The molecular formula is C14H10ClN3O2. The van der Waals surface area contributed by atoms with Crippen molar-refractivity contribution in [1.29, 1.82) is 0 Å². The Balaban J connectivity index is 2.00. The summed E-state index contributed by atoms with van der Waals surface area (Å²) in [6.07, 6.45) is 2.90. The topological polar surface area (TPSA) is 76.3 Å². The lowest BCUT2D eigenvalue weighted by atomic mass is 10.1. The number of hydrogen-bond donors (Lipinski definition) is 1. The Morgan fingerprint density at radius 1 is 1.30 bits per heavy atom. The number of nitrogens with zero attached hydrogens (tertiary/aromatic N) is 2. The maximum atomic E-state index is 12.3. The molecule has 1 aromatic heterocycles. The van der Waals surface area contributed by atoms with Crippen LogP contribution in [0.3, 0.4) is 0 Å². The van der Waals surface area contributed by atoms with Gasteiger partial charge in [-0.3, -0.25) is 14.6 Å². The van der Waals surface area contributed by atoms with Crippen molar-refractivity contribution in [3.63, 3.8) is 0 Å². The van der Waals surface area contributed by atoms with Gasteiger partial charge in [-0.15, -0.1) is 0 Å². The molecule has 0 atom stereocenters. The smallest absolute Gasteiger partial charge is 0.258 e. The van der Waals surface area contributed by atoms with E-state index in [0.29, 0.717) is 22.8 Å². The van der Waals surface area contributed by atoms with Crippen LogP contribution in [-0.2, 0) is 6.54 Å². The first-order valence-corrected chi connectivity index (χ1v) is 6.29. The van der Waals surface area contributed by atoms with E-state index in [9.17, 15) is 9.59 Å². The van der Waals surface area contributed by atoms with Gasteiger partial charge >= 0.3 is 0 Å². The third-order valence-corrected chi connectivity index (χ3v) is 3.43. The highest BCUT2D eigenvalue weighted by atomic mass is 35.5. The Bertz CT molecular complexity index is 730. The lowest BCUT2D eigenvalue weighted by Crippen LogP contribution is -2.24. The molecule has 0 fully saturated rings. The van der Waals surface area contributed by atoms with Gasteiger partial charge in [-0.25, -0.2) is 0 Å². The van der Waals surface area contributed by atoms with Crippen LogP contribution in [0.15, 0.2) is 36.7 Å². The summed E-state index contributed by atoms with van der Waals surface area (Å²) < 4.78 is 0. The van der Waals surface area contributed by atoms with E-state index in [1.54, 1.807) is 29.2 Å². The zero-order chi connectivity index (χ0) is 14.3. The van der Waals surface area contributed by atoms with E-state index >= 15 is 0 Å². The summed E-state index contributed by atoms with van der Waals surface area (Å²) in [5, 5.41) is 0.586. The van der Waals surface area contributed by atoms with Crippen LogP contribution in [-0.4, -0.2) is 16.8 Å². The molecule has 0 aliphatic carbocycles. The summed E-state index contributed by atoms with van der Waals surface area (Å²) in [7, 11) is 0. The number of carbonyl (C=O) groups is 2. The van der Waals surface area contributed by atoms with Gasteiger partial charge in [0.25, 0.3) is 5.91 Å². The molecule has 0 radical (unpaired) electrons. The van der Waals surface area contributed by atoms with Crippen LogP contribution < -0.4 is 10.6 Å². The first-order valence-electron chi connectivity index (χ1n) is 5.91. The summed E-state index contributed by atoms with van der Waals surface area (Å²) in [5.41, 5.74) is 7.49. The maximum Gasteiger partial charge on any atom is 0.258 e. The van der Waals surface area contributed by atoms with E-state index in [1.165, 1.54) is 12.4 Å².